The van der Waals surface area contributed by atoms with Gasteiger partial charge in [-0.15, -0.1) is 0 Å². The molecule has 0 aliphatic carbocycles. The molecule has 0 unspecified atom stereocenters. The minimum Gasteiger partial charge on any atom is -0.497 e. The number of hydrogen-bond acceptors (Lipinski definition) is 3. The molecule has 0 fully saturated rings. The Bertz CT molecular complexity index is 777. The van der Waals surface area contributed by atoms with E-state index >= 15 is 0 Å². The fourth-order valence-corrected chi connectivity index (χ4v) is 3.43. The summed E-state index contributed by atoms with van der Waals surface area (Å²) >= 11 is 12.3. The van der Waals surface area contributed by atoms with Gasteiger partial charge in [0, 0.05) is 40.1 Å². The van der Waals surface area contributed by atoms with E-state index in [4.69, 9.17) is 32.7 Å². The molecule has 0 saturated heterocycles. The number of rotatable bonds is 3. The van der Waals surface area contributed by atoms with Gasteiger partial charge in [0.15, 0.2) is 0 Å². The van der Waals surface area contributed by atoms with E-state index in [0.29, 0.717) is 27.2 Å². The maximum absolute atomic E-state index is 12.1. The lowest BCUT2D eigenvalue weighted by molar-refractivity contribution is -0.116. The molecule has 1 N–H and O–H groups in total. The van der Waals surface area contributed by atoms with Crippen LogP contribution in [0.3, 0.4) is 0 Å². The number of benzene rings is 2. The molecule has 3 rings (SSSR count). The van der Waals surface area contributed by atoms with E-state index in [1.54, 1.807) is 38.5 Å². The van der Waals surface area contributed by atoms with E-state index in [1.807, 2.05) is 6.07 Å². The zero-order valence-electron chi connectivity index (χ0n) is 12.7. The summed E-state index contributed by atoms with van der Waals surface area (Å²) < 4.78 is 10.8. The van der Waals surface area contributed by atoms with Crippen molar-refractivity contribution in [3.8, 4) is 11.5 Å². The Morgan fingerprint density at radius 1 is 1.13 bits per heavy atom. The number of nitrogens with one attached hydrogen (secondary N) is 1. The number of halogens is 2. The molecule has 0 radical (unpaired) electrons. The number of hydrogen-bond donors (Lipinski definition) is 1. The van der Waals surface area contributed by atoms with Crippen molar-refractivity contribution in [1.82, 2.24) is 0 Å². The van der Waals surface area contributed by atoms with Crippen LogP contribution in [0.4, 0.5) is 5.69 Å². The van der Waals surface area contributed by atoms with Crippen molar-refractivity contribution >= 4 is 34.8 Å². The summed E-state index contributed by atoms with van der Waals surface area (Å²) in [7, 11) is 3.16. The van der Waals surface area contributed by atoms with Gasteiger partial charge in [0.1, 0.15) is 11.5 Å². The van der Waals surface area contributed by atoms with Crippen LogP contribution in [0, 0.1) is 0 Å². The van der Waals surface area contributed by atoms with Gasteiger partial charge in [-0.25, -0.2) is 0 Å². The lowest BCUT2D eigenvalue weighted by Crippen LogP contribution is -2.24. The summed E-state index contributed by atoms with van der Waals surface area (Å²) in [5, 5.41) is 3.96. The second-order valence-corrected chi connectivity index (χ2v) is 6.11. The van der Waals surface area contributed by atoms with Crippen LogP contribution in [0.25, 0.3) is 0 Å². The normalized spacial score (nSPS) is 16.5. The summed E-state index contributed by atoms with van der Waals surface area (Å²) in [4.78, 5) is 12.1. The number of ether oxygens (including phenoxy) is 2. The lowest BCUT2D eigenvalue weighted by Gasteiger charge is -2.28. The van der Waals surface area contributed by atoms with Gasteiger partial charge in [0.05, 0.1) is 19.9 Å². The lowest BCUT2D eigenvalue weighted by atomic mass is 9.84. The third-order valence-electron chi connectivity index (χ3n) is 3.92. The van der Waals surface area contributed by atoms with Crippen LogP contribution >= 0.6 is 23.2 Å². The SMILES string of the molecule is COc1cc2c(c(OC)c1)[C@H](c1ccc(Cl)cc1Cl)CC(=O)N2. The van der Waals surface area contributed by atoms with E-state index in [-0.39, 0.29) is 18.2 Å². The van der Waals surface area contributed by atoms with Crippen molar-refractivity contribution in [3.05, 3.63) is 51.5 Å². The standard InChI is InChI=1S/C17H15Cl2NO3/c1-22-10-6-14-17(15(7-10)23-2)12(8-16(21)20-14)11-4-3-9(18)5-13(11)19/h3-7,12H,8H2,1-2H3,(H,20,21)/t12-/m0/s1. The molecule has 2 aromatic rings. The van der Waals surface area contributed by atoms with Crippen LogP contribution in [0.5, 0.6) is 11.5 Å². The smallest absolute Gasteiger partial charge is 0.225 e. The van der Waals surface area contributed by atoms with Gasteiger partial charge in [-0.3, -0.25) is 4.79 Å². The molecule has 1 heterocycles. The van der Waals surface area contributed by atoms with Crippen molar-refractivity contribution in [2.75, 3.05) is 19.5 Å². The van der Waals surface area contributed by atoms with Crippen LogP contribution in [0.1, 0.15) is 23.5 Å². The van der Waals surface area contributed by atoms with E-state index in [9.17, 15) is 4.79 Å². The van der Waals surface area contributed by atoms with Crippen LogP contribution in [0.15, 0.2) is 30.3 Å². The molecule has 0 saturated carbocycles. The molecular formula is C17H15Cl2NO3. The van der Waals surface area contributed by atoms with Crippen LogP contribution < -0.4 is 14.8 Å². The highest BCUT2D eigenvalue weighted by Gasteiger charge is 2.31. The molecule has 1 atom stereocenters. The molecular weight excluding hydrogens is 337 g/mol. The summed E-state index contributed by atoms with van der Waals surface area (Å²) in [6.07, 6.45) is 0.289. The maximum atomic E-state index is 12.1. The Labute approximate surface area is 144 Å². The highest BCUT2D eigenvalue weighted by Crippen LogP contribution is 2.46. The number of anilines is 1. The predicted molar refractivity (Wildman–Crippen MR) is 91.1 cm³/mol. The maximum Gasteiger partial charge on any atom is 0.225 e. The molecule has 4 nitrogen and oxygen atoms in total. The van der Waals surface area contributed by atoms with Gasteiger partial charge in [0.25, 0.3) is 0 Å². The van der Waals surface area contributed by atoms with Crippen molar-refractivity contribution in [2.45, 2.75) is 12.3 Å². The van der Waals surface area contributed by atoms with E-state index in [0.717, 1.165) is 11.1 Å². The van der Waals surface area contributed by atoms with Crippen molar-refractivity contribution in [3.63, 3.8) is 0 Å². The molecule has 120 valence electrons. The molecule has 0 aromatic heterocycles. The minimum absolute atomic E-state index is 0.0798. The van der Waals surface area contributed by atoms with E-state index in [2.05, 4.69) is 5.32 Å². The summed E-state index contributed by atoms with van der Waals surface area (Å²) in [5.41, 5.74) is 2.40. The molecule has 6 heteroatoms. The van der Waals surface area contributed by atoms with Crippen LogP contribution in [-0.2, 0) is 4.79 Å². The average molecular weight is 352 g/mol. The highest BCUT2D eigenvalue weighted by molar-refractivity contribution is 6.35. The monoisotopic (exact) mass is 351 g/mol. The van der Waals surface area contributed by atoms with Gasteiger partial charge in [0.2, 0.25) is 5.91 Å². The zero-order valence-corrected chi connectivity index (χ0v) is 14.2. The first kappa shape index (κ1) is 16.0. The number of methoxy groups -OCH3 is 2. The molecule has 1 amide bonds. The number of fused-ring (bicyclic) bond motifs is 1. The Kier molecular flexibility index (Phi) is 4.37. The van der Waals surface area contributed by atoms with Gasteiger partial charge in [-0.05, 0) is 17.7 Å². The molecule has 0 bridgehead atoms. The summed E-state index contributed by atoms with van der Waals surface area (Å²) in [6, 6.07) is 8.88. The highest BCUT2D eigenvalue weighted by atomic mass is 35.5. The summed E-state index contributed by atoms with van der Waals surface area (Å²) in [6.45, 7) is 0. The van der Waals surface area contributed by atoms with Crippen molar-refractivity contribution in [2.24, 2.45) is 0 Å². The molecule has 23 heavy (non-hydrogen) atoms. The van der Waals surface area contributed by atoms with Crippen molar-refractivity contribution in [1.29, 1.82) is 0 Å². The van der Waals surface area contributed by atoms with E-state index < -0.39 is 0 Å². The number of carbonyl (C=O) groups is 1. The van der Waals surface area contributed by atoms with Gasteiger partial charge >= 0.3 is 0 Å². The number of amides is 1. The largest absolute Gasteiger partial charge is 0.497 e. The third-order valence-corrected chi connectivity index (χ3v) is 4.48. The van der Waals surface area contributed by atoms with Gasteiger partial charge in [-0.2, -0.15) is 0 Å². The molecule has 2 aromatic carbocycles. The minimum atomic E-state index is -0.204. The topological polar surface area (TPSA) is 47.6 Å². The second kappa shape index (κ2) is 6.30. The molecule has 0 spiro atoms. The van der Waals surface area contributed by atoms with Gasteiger partial charge < -0.3 is 14.8 Å². The Hall–Kier alpha value is -1.91. The van der Waals surface area contributed by atoms with Crippen LogP contribution in [-0.4, -0.2) is 20.1 Å². The number of carbonyl (C=O) groups excluding carboxylic acids is 1. The summed E-state index contributed by atoms with van der Waals surface area (Å²) in [5.74, 6) is 0.979. The van der Waals surface area contributed by atoms with Gasteiger partial charge in [-0.1, -0.05) is 29.3 Å². The second-order valence-electron chi connectivity index (χ2n) is 5.26. The zero-order chi connectivity index (χ0) is 16.6. The van der Waals surface area contributed by atoms with Crippen molar-refractivity contribution < 1.29 is 14.3 Å². The Morgan fingerprint density at radius 3 is 2.57 bits per heavy atom. The molecule has 1 aliphatic heterocycles. The Balaban J connectivity index is 2.20. The third kappa shape index (κ3) is 2.96. The predicted octanol–water partition coefficient (Wildman–Crippen LogP) is 4.48. The van der Waals surface area contributed by atoms with E-state index in [1.165, 1.54) is 0 Å². The fourth-order valence-electron chi connectivity index (χ4n) is 2.89. The average Bonchev–Trinajstić information content (AvgIpc) is 2.52. The quantitative estimate of drug-likeness (QED) is 0.886. The first-order chi connectivity index (χ1) is 11.0. The molecule has 1 aliphatic rings. The Morgan fingerprint density at radius 2 is 1.91 bits per heavy atom. The first-order valence-corrected chi connectivity index (χ1v) is 7.79. The first-order valence-electron chi connectivity index (χ1n) is 7.04. The fraction of sp³-hybridized carbons (Fsp3) is 0.235. The van der Waals surface area contributed by atoms with Crippen LogP contribution in [0.2, 0.25) is 10.0 Å².